The van der Waals surface area contributed by atoms with Crippen LogP contribution in [0.3, 0.4) is 0 Å². The third kappa shape index (κ3) is 2.55. The van der Waals surface area contributed by atoms with Gasteiger partial charge in [-0.2, -0.15) is 0 Å². The van der Waals surface area contributed by atoms with Crippen molar-refractivity contribution in [3.05, 3.63) is 47.8 Å². The van der Waals surface area contributed by atoms with Crippen molar-refractivity contribution < 1.29 is 9.53 Å². The summed E-state index contributed by atoms with van der Waals surface area (Å²) in [6, 6.07) is 9.97. The van der Waals surface area contributed by atoms with E-state index in [0.29, 0.717) is 18.2 Å². The lowest BCUT2D eigenvalue weighted by Crippen LogP contribution is -2.22. The highest BCUT2D eigenvalue weighted by Crippen LogP contribution is 2.56. The summed E-state index contributed by atoms with van der Waals surface area (Å²) >= 11 is 0. The molecule has 2 aromatic rings. The largest absolute Gasteiger partial charge is 0.454 e. The molecule has 1 aromatic heterocycles. The number of ether oxygens (including phenoxy) is 1. The Bertz CT molecular complexity index is 657. The fraction of sp³-hybridized carbons (Fsp3) is 0.438. The molecule has 0 spiro atoms. The minimum Gasteiger partial charge on any atom is -0.454 e. The van der Waals surface area contributed by atoms with E-state index in [-0.39, 0.29) is 11.6 Å². The summed E-state index contributed by atoms with van der Waals surface area (Å²) in [5.41, 5.74) is 1.26. The van der Waals surface area contributed by atoms with Crippen LogP contribution < -0.4 is 0 Å². The summed E-state index contributed by atoms with van der Waals surface area (Å²) in [6.45, 7) is 0.606. The third-order valence-corrected chi connectivity index (χ3v) is 4.30. The molecule has 2 saturated carbocycles. The van der Waals surface area contributed by atoms with Crippen molar-refractivity contribution in [3.8, 4) is 0 Å². The van der Waals surface area contributed by atoms with E-state index in [9.17, 15) is 4.79 Å². The van der Waals surface area contributed by atoms with Crippen molar-refractivity contribution >= 4 is 5.97 Å². The van der Waals surface area contributed by atoms with Gasteiger partial charge in [0.1, 0.15) is 5.60 Å². The Balaban J connectivity index is 1.43. The quantitative estimate of drug-likeness (QED) is 0.791. The molecule has 0 bridgehead atoms. The summed E-state index contributed by atoms with van der Waals surface area (Å²) in [4.78, 5) is 12.2. The number of hydrogen-bond acceptors (Lipinski definition) is 4. The van der Waals surface area contributed by atoms with Crippen LogP contribution >= 0.6 is 0 Å². The predicted molar refractivity (Wildman–Crippen MR) is 75.7 cm³/mol. The molecule has 4 rings (SSSR count). The molecule has 2 aliphatic carbocycles. The smallest absolute Gasteiger partial charge is 0.361 e. The van der Waals surface area contributed by atoms with Gasteiger partial charge in [0.15, 0.2) is 5.69 Å². The number of esters is 1. The lowest BCUT2D eigenvalue weighted by atomic mass is 10.2. The number of nitrogens with zero attached hydrogens (tertiary/aromatic N) is 3. The van der Waals surface area contributed by atoms with E-state index < -0.39 is 0 Å². The Morgan fingerprint density at radius 3 is 2.71 bits per heavy atom. The number of carbonyl (C=O) groups is 1. The summed E-state index contributed by atoms with van der Waals surface area (Å²) in [7, 11) is 0. The Hall–Kier alpha value is -2.17. The van der Waals surface area contributed by atoms with Gasteiger partial charge in [0.05, 0.1) is 12.7 Å². The van der Waals surface area contributed by atoms with Gasteiger partial charge in [0, 0.05) is 0 Å². The zero-order chi connectivity index (χ0) is 14.3. The maximum atomic E-state index is 12.2. The van der Waals surface area contributed by atoms with Gasteiger partial charge in [0.2, 0.25) is 0 Å². The molecule has 0 radical (unpaired) electrons. The Kier molecular flexibility index (Phi) is 2.80. The van der Waals surface area contributed by atoms with Gasteiger partial charge in [-0.25, -0.2) is 9.48 Å². The zero-order valence-electron chi connectivity index (χ0n) is 11.7. The first kappa shape index (κ1) is 12.6. The van der Waals surface area contributed by atoms with Gasteiger partial charge < -0.3 is 4.74 Å². The molecule has 0 saturated heterocycles. The van der Waals surface area contributed by atoms with Gasteiger partial charge in [-0.05, 0) is 37.2 Å². The molecule has 2 fully saturated rings. The van der Waals surface area contributed by atoms with Crippen molar-refractivity contribution in [3.63, 3.8) is 0 Å². The van der Waals surface area contributed by atoms with Crippen molar-refractivity contribution in [1.29, 1.82) is 0 Å². The van der Waals surface area contributed by atoms with Crippen LogP contribution in [-0.2, 0) is 11.3 Å². The lowest BCUT2D eigenvalue weighted by molar-refractivity contribution is 0.0153. The second-order valence-corrected chi connectivity index (χ2v) is 6.02. The van der Waals surface area contributed by atoms with Crippen LogP contribution in [0.4, 0.5) is 0 Å². The second-order valence-electron chi connectivity index (χ2n) is 6.02. The number of rotatable bonds is 5. The summed E-state index contributed by atoms with van der Waals surface area (Å²) < 4.78 is 7.34. The molecule has 5 nitrogen and oxygen atoms in total. The normalized spacial score (nSPS) is 19.2. The molecule has 108 valence electrons. The minimum absolute atomic E-state index is 0.166. The van der Waals surface area contributed by atoms with Crippen LogP contribution in [0, 0.1) is 5.92 Å². The molecular formula is C16H17N3O2. The minimum atomic E-state index is -0.335. The maximum Gasteiger partial charge on any atom is 0.361 e. The van der Waals surface area contributed by atoms with Gasteiger partial charge >= 0.3 is 5.97 Å². The van der Waals surface area contributed by atoms with Crippen molar-refractivity contribution in [2.45, 2.75) is 37.8 Å². The predicted octanol–water partition coefficient (Wildman–Crippen LogP) is 2.43. The van der Waals surface area contributed by atoms with Crippen molar-refractivity contribution in [2.24, 2.45) is 5.92 Å². The molecule has 0 aliphatic heterocycles. The second kappa shape index (κ2) is 4.69. The van der Waals surface area contributed by atoms with E-state index in [1.54, 1.807) is 10.9 Å². The van der Waals surface area contributed by atoms with Gasteiger partial charge in [-0.3, -0.25) is 0 Å². The first-order valence-electron chi connectivity index (χ1n) is 7.43. The first-order chi connectivity index (χ1) is 10.3. The fourth-order valence-corrected chi connectivity index (χ4v) is 2.80. The Morgan fingerprint density at radius 2 is 2.05 bits per heavy atom. The van der Waals surface area contributed by atoms with Crippen LogP contribution in [0.5, 0.6) is 0 Å². The maximum absolute atomic E-state index is 12.2. The van der Waals surface area contributed by atoms with Gasteiger partial charge in [-0.15, -0.1) is 5.10 Å². The van der Waals surface area contributed by atoms with E-state index in [1.807, 2.05) is 30.3 Å². The molecular weight excluding hydrogens is 266 g/mol. The molecule has 0 atom stereocenters. The Morgan fingerprint density at radius 1 is 1.29 bits per heavy atom. The molecule has 1 aromatic carbocycles. The SMILES string of the molecule is O=C(OC1(C2CC2)CC1)c1cn(Cc2ccccc2)nn1. The molecule has 21 heavy (non-hydrogen) atoms. The third-order valence-electron chi connectivity index (χ3n) is 4.30. The first-order valence-corrected chi connectivity index (χ1v) is 7.43. The van der Waals surface area contributed by atoms with Gasteiger partial charge in [0.25, 0.3) is 0 Å². The zero-order valence-corrected chi connectivity index (χ0v) is 11.7. The molecule has 0 amide bonds. The highest BCUT2D eigenvalue weighted by atomic mass is 16.6. The topological polar surface area (TPSA) is 57.0 Å². The Labute approximate surface area is 122 Å². The van der Waals surface area contributed by atoms with Gasteiger partial charge in [-0.1, -0.05) is 35.5 Å². The summed E-state index contributed by atoms with van der Waals surface area (Å²) in [5, 5.41) is 7.95. The number of carbonyl (C=O) groups excluding carboxylic acids is 1. The van der Waals surface area contributed by atoms with E-state index in [2.05, 4.69) is 10.3 Å². The van der Waals surface area contributed by atoms with Crippen LogP contribution in [0.15, 0.2) is 36.5 Å². The summed E-state index contributed by atoms with van der Waals surface area (Å²) in [6.07, 6.45) is 6.05. The molecule has 1 heterocycles. The van der Waals surface area contributed by atoms with Crippen LogP contribution in [-0.4, -0.2) is 26.6 Å². The van der Waals surface area contributed by atoms with E-state index in [1.165, 1.54) is 12.8 Å². The fourth-order valence-electron chi connectivity index (χ4n) is 2.80. The highest BCUT2D eigenvalue weighted by molar-refractivity contribution is 5.87. The average molecular weight is 283 g/mol. The number of aromatic nitrogens is 3. The van der Waals surface area contributed by atoms with Crippen LogP contribution in [0.25, 0.3) is 0 Å². The monoisotopic (exact) mass is 283 g/mol. The molecule has 0 unspecified atom stereocenters. The van der Waals surface area contributed by atoms with Crippen LogP contribution in [0.1, 0.15) is 41.7 Å². The average Bonchev–Trinajstić information content (AvgIpc) is 3.40. The van der Waals surface area contributed by atoms with Crippen molar-refractivity contribution in [2.75, 3.05) is 0 Å². The number of hydrogen-bond donors (Lipinski definition) is 0. The molecule has 0 N–H and O–H groups in total. The number of benzene rings is 1. The summed E-state index contributed by atoms with van der Waals surface area (Å²) in [5.74, 6) is 0.250. The lowest BCUT2D eigenvalue weighted by Gasteiger charge is -2.14. The van der Waals surface area contributed by atoms with Crippen molar-refractivity contribution in [1.82, 2.24) is 15.0 Å². The van der Waals surface area contributed by atoms with E-state index in [4.69, 9.17) is 4.74 Å². The van der Waals surface area contributed by atoms with E-state index in [0.717, 1.165) is 18.4 Å². The molecule has 5 heteroatoms. The standard InChI is InChI=1S/C16H17N3O2/c20-15(21-16(8-9-16)13-6-7-13)14-11-19(18-17-14)10-12-4-2-1-3-5-12/h1-5,11,13H,6-10H2. The highest BCUT2D eigenvalue weighted by Gasteiger charge is 2.57. The molecule has 2 aliphatic rings. The van der Waals surface area contributed by atoms with E-state index >= 15 is 0 Å². The van der Waals surface area contributed by atoms with Crippen LogP contribution in [0.2, 0.25) is 0 Å².